The number of anilines is 1. The first kappa shape index (κ1) is 11.4. The molecule has 90 valence electrons. The second-order valence-corrected chi connectivity index (χ2v) is 4.92. The Kier molecular flexibility index (Phi) is 2.72. The van der Waals surface area contributed by atoms with Crippen LogP contribution in [0.5, 0.6) is 0 Å². The molecular weight excluding hydrogens is 246 g/mol. The number of aromatic amines is 1. The van der Waals surface area contributed by atoms with Gasteiger partial charge in [-0.1, -0.05) is 0 Å². The lowest BCUT2D eigenvalue weighted by Crippen LogP contribution is -2.21. The molecule has 2 aromatic heterocycles. The van der Waals surface area contributed by atoms with Crippen LogP contribution in [0.15, 0.2) is 38.8 Å². The highest BCUT2D eigenvalue weighted by atomic mass is 32.2. The Labute approximate surface area is 96.6 Å². The van der Waals surface area contributed by atoms with Gasteiger partial charge in [-0.25, -0.2) is 13.1 Å². The van der Waals surface area contributed by atoms with E-state index in [1.54, 1.807) is 6.92 Å². The van der Waals surface area contributed by atoms with Crippen molar-refractivity contribution in [1.82, 2.24) is 9.97 Å². The van der Waals surface area contributed by atoms with E-state index >= 15 is 0 Å². The Morgan fingerprint density at radius 1 is 1.47 bits per heavy atom. The second kappa shape index (κ2) is 4.06. The fourth-order valence-corrected chi connectivity index (χ4v) is 2.17. The Bertz CT molecular complexity index is 686. The zero-order valence-electron chi connectivity index (χ0n) is 8.80. The molecule has 0 unspecified atom stereocenters. The van der Waals surface area contributed by atoms with Gasteiger partial charge in [0.1, 0.15) is 6.26 Å². The van der Waals surface area contributed by atoms with Gasteiger partial charge in [0.05, 0.1) is 5.69 Å². The van der Waals surface area contributed by atoms with Gasteiger partial charge in [-0.2, -0.15) is 4.98 Å². The van der Waals surface area contributed by atoms with Crippen molar-refractivity contribution in [2.45, 2.75) is 11.8 Å². The molecule has 0 amide bonds. The molecule has 0 aromatic carbocycles. The molecule has 0 bridgehead atoms. The van der Waals surface area contributed by atoms with Crippen LogP contribution in [-0.2, 0) is 10.0 Å². The topological polar surface area (TPSA) is 105 Å². The number of oxazole rings is 1. The zero-order valence-corrected chi connectivity index (χ0v) is 9.61. The molecule has 0 fully saturated rings. The van der Waals surface area contributed by atoms with Gasteiger partial charge < -0.3 is 9.40 Å². The van der Waals surface area contributed by atoms with E-state index in [-0.39, 0.29) is 6.01 Å². The average molecular weight is 255 g/mol. The lowest BCUT2D eigenvalue weighted by Gasteiger charge is -2.02. The number of nitrogens with zero attached hydrogens (tertiary/aromatic N) is 1. The van der Waals surface area contributed by atoms with Crippen LogP contribution in [0.2, 0.25) is 0 Å². The smallest absolute Gasteiger partial charge is 0.309 e. The molecule has 2 rings (SSSR count). The van der Waals surface area contributed by atoms with Crippen molar-refractivity contribution in [3.8, 4) is 0 Å². The Morgan fingerprint density at radius 2 is 2.24 bits per heavy atom. The Morgan fingerprint density at radius 3 is 2.82 bits per heavy atom. The molecule has 0 radical (unpaired) electrons. The standard InChI is InChI=1S/C9H9N3O4S/c1-6-5-16-9(11-6)12-17(14,15)8-4-10-3-2-7(8)13/h2-5H,1H3,(H,10,13)(H,11,12). The highest BCUT2D eigenvalue weighted by molar-refractivity contribution is 7.92. The van der Waals surface area contributed by atoms with Crippen LogP contribution < -0.4 is 10.2 Å². The third-order valence-electron chi connectivity index (χ3n) is 1.92. The minimum absolute atomic E-state index is 0.175. The SMILES string of the molecule is Cc1coc(NS(=O)(=O)c2c[nH]ccc2=O)n1. The van der Waals surface area contributed by atoms with Crippen LogP contribution in [0.25, 0.3) is 0 Å². The summed E-state index contributed by atoms with van der Waals surface area (Å²) in [5.41, 5.74) is -0.0794. The number of nitrogens with one attached hydrogen (secondary N) is 2. The molecular formula is C9H9N3O4S. The Balaban J connectivity index is 2.38. The quantitative estimate of drug-likeness (QED) is 0.829. The highest BCUT2D eigenvalue weighted by Crippen LogP contribution is 2.11. The van der Waals surface area contributed by atoms with Crippen LogP contribution in [0.4, 0.5) is 6.01 Å². The van der Waals surface area contributed by atoms with Gasteiger partial charge in [-0.3, -0.25) is 4.79 Å². The number of aryl methyl sites for hydroxylation is 1. The molecule has 2 aromatic rings. The summed E-state index contributed by atoms with van der Waals surface area (Å²) in [6, 6.07) is 0.945. The number of hydrogen-bond donors (Lipinski definition) is 2. The summed E-state index contributed by atoms with van der Waals surface area (Å²) in [6.07, 6.45) is 3.74. The molecule has 0 atom stereocenters. The van der Waals surface area contributed by atoms with Gasteiger partial charge in [-0.05, 0) is 6.92 Å². The van der Waals surface area contributed by atoms with Gasteiger partial charge in [0.25, 0.3) is 10.0 Å². The third-order valence-corrected chi connectivity index (χ3v) is 3.26. The van der Waals surface area contributed by atoms with Crippen LogP contribution in [0.1, 0.15) is 5.69 Å². The van der Waals surface area contributed by atoms with Crippen molar-refractivity contribution in [2.75, 3.05) is 4.72 Å². The Hall–Kier alpha value is -2.09. The summed E-state index contributed by atoms with van der Waals surface area (Å²) in [6.45, 7) is 1.65. The van der Waals surface area contributed by atoms with Crippen LogP contribution in [0, 0.1) is 6.92 Å². The summed E-state index contributed by atoms with van der Waals surface area (Å²) >= 11 is 0. The van der Waals surface area contributed by atoms with Crippen molar-refractivity contribution < 1.29 is 12.8 Å². The maximum absolute atomic E-state index is 11.8. The number of pyridine rings is 1. The molecule has 0 saturated heterocycles. The van der Waals surface area contributed by atoms with Gasteiger partial charge >= 0.3 is 6.01 Å². The number of sulfonamides is 1. The molecule has 2 N–H and O–H groups in total. The van der Waals surface area contributed by atoms with Gasteiger partial charge in [0, 0.05) is 18.5 Å². The fourth-order valence-electron chi connectivity index (χ4n) is 1.18. The fraction of sp³-hybridized carbons (Fsp3) is 0.111. The maximum Gasteiger partial charge on any atom is 0.309 e. The molecule has 0 spiro atoms. The van der Waals surface area contributed by atoms with E-state index < -0.39 is 20.3 Å². The first-order valence-corrected chi connectivity index (χ1v) is 6.09. The van der Waals surface area contributed by atoms with Gasteiger partial charge in [-0.15, -0.1) is 0 Å². The lowest BCUT2D eigenvalue weighted by molar-refractivity contribution is 0.569. The third kappa shape index (κ3) is 2.36. The van der Waals surface area contributed by atoms with Crippen molar-refractivity contribution in [2.24, 2.45) is 0 Å². The van der Waals surface area contributed by atoms with Crippen molar-refractivity contribution >= 4 is 16.0 Å². The minimum Gasteiger partial charge on any atom is -0.431 e. The van der Waals surface area contributed by atoms with E-state index in [0.717, 1.165) is 12.3 Å². The van der Waals surface area contributed by atoms with Crippen molar-refractivity contribution in [3.63, 3.8) is 0 Å². The van der Waals surface area contributed by atoms with E-state index in [2.05, 4.69) is 14.7 Å². The van der Waals surface area contributed by atoms with E-state index in [1.165, 1.54) is 12.5 Å². The number of aromatic nitrogens is 2. The summed E-state index contributed by atoms with van der Waals surface area (Å²) in [5, 5.41) is 0. The molecule has 0 saturated carbocycles. The summed E-state index contributed by atoms with van der Waals surface area (Å²) < 4.78 is 30.5. The van der Waals surface area contributed by atoms with Gasteiger partial charge in [0.15, 0.2) is 4.90 Å². The van der Waals surface area contributed by atoms with Crippen molar-refractivity contribution in [1.29, 1.82) is 0 Å². The normalized spacial score (nSPS) is 11.4. The monoisotopic (exact) mass is 255 g/mol. The first-order chi connectivity index (χ1) is 7.99. The lowest BCUT2D eigenvalue weighted by atomic mass is 10.5. The van der Waals surface area contributed by atoms with Crippen LogP contribution in [-0.4, -0.2) is 18.4 Å². The van der Waals surface area contributed by atoms with Crippen LogP contribution in [0.3, 0.4) is 0 Å². The van der Waals surface area contributed by atoms with Crippen molar-refractivity contribution in [3.05, 3.63) is 40.6 Å². The molecule has 17 heavy (non-hydrogen) atoms. The average Bonchev–Trinajstić information content (AvgIpc) is 2.63. The summed E-state index contributed by atoms with van der Waals surface area (Å²) in [7, 11) is -3.98. The molecule has 0 aliphatic carbocycles. The van der Waals surface area contributed by atoms with Gasteiger partial charge in [0.2, 0.25) is 5.43 Å². The van der Waals surface area contributed by atoms with E-state index in [1.807, 2.05) is 0 Å². The zero-order chi connectivity index (χ0) is 12.5. The van der Waals surface area contributed by atoms with E-state index in [9.17, 15) is 13.2 Å². The number of H-pyrrole nitrogens is 1. The second-order valence-electron chi connectivity index (χ2n) is 3.27. The predicted octanol–water partition coefficient (Wildman–Crippen LogP) is 0.472. The van der Waals surface area contributed by atoms with E-state index in [0.29, 0.717) is 5.69 Å². The van der Waals surface area contributed by atoms with Crippen LogP contribution >= 0.6 is 0 Å². The number of rotatable bonds is 3. The molecule has 7 nitrogen and oxygen atoms in total. The largest absolute Gasteiger partial charge is 0.431 e. The molecule has 0 aliphatic heterocycles. The predicted molar refractivity (Wildman–Crippen MR) is 59.1 cm³/mol. The van der Waals surface area contributed by atoms with E-state index in [4.69, 9.17) is 4.42 Å². The number of hydrogen-bond acceptors (Lipinski definition) is 5. The molecule has 2 heterocycles. The summed E-state index contributed by atoms with van der Waals surface area (Å²) in [5.74, 6) is 0. The molecule has 0 aliphatic rings. The summed E-state index contributed by atoms with van der Waals surface area (Å²) in [4.78, 5) is 17.3. The molecule has 8 heteroatoms. The first-order valence-electron chi connectivity index (χ1n) is 4.61. The highest BCUT2D eigenvalue weighted by Gasteiger charge is 2.19. The minimum atomic E-state index is -3.98. The maximum atomic E-state index is 11.8.